The Kier molecular flexibility index (Phi) is 12.1. The number of sulfonamides is 1. The third kappa shape index (κ3) is 9.50. The Bertz CT molecular complexity index is 1770. The molecule has 2 amide bonds. The largest absolute Gasteiger partial charge is 0.494 e. The second-order valence-electron chi connectivity index (χ2n) is 12.8. The first-order chi connectivity index (χ1) is 23.6. The van der Waals surface area contributed by atoms with E-state index in [0.29, 0.717) is 18.0 Å². The highest BCUT2D eigenvalue weighted by Crippen LogP contribution is 2.27. The average molecular weight is 682 g/mol. The van der Waals surface area contributed by atoms with Gasteiger partial charge >= 0.3 is 0 Å². The molecule has 1 aliphatic carbocycles. The Hall–Kier alpha value is -4.63. The monoisotopic (exact) mass is 681 g/mol. The molecular weight excluding hydrogens is 635 g/mol. The minimum absolute atomic E-state index is 0.0327. The first-order valence-electron chi connectivity index (χ1n) is 17.2. The number of hydrogen-bond donors (Lipinski definition) is 1. The average Bonchev–Trinajstić information content (AvgIpc) is 3.11. The lowest BCUT2D eigenvalue weighted by Gasteiger charge is -2.35. The summed E-state index contributed by atoms with van der Waals surface area (Å²) in [4.78, 5) is 30.6. The molecular formula is C40H47N3O5S. The zero-order valence-electron chi connectivity index (χ0n) is 28.7. The molecule has 0 heterocycles. The van der Waals surface area contributed by atoms with Crippen molar-refractivity contribution in [3.8, 4) is 5.75 Å². The lowest BCUT2D eigenvalue weighted by molar-refractivity contribution is -0.140. The molecule has 4 aromatic rings. The number of carbonyl (C=O) groups excluding carboxylic acids is 2. The number of amides is 2. The van der Waals surface area contributed by atoms with Gasteiger partial charge in [0.2, 0.25) is 11.8 Å². The summed E-state index contributed by atoms with van der Waals surface area (Å²) in [6, 6.07) is 29.9. The van der Waals surface area contributed by atoms with Crippen LogP contribution in [0.4, 0.5) is 5.69 Å². The van der Waals surface area contributed by atoms with E-state index in [1.54, 1.807) is 29.2 Å². The third-order valence-electron chi connectivity index (χ3n) is 9.02. The van der Waals surface area contributed by atoms with Crippen LogP contribution in [0.25, 0.3) is 0 Å². The maximum atomic E-state index is 14.7. The molecule has 9 heteroatoms. The minimum atomic E-state index is -4.20. The molecule has 0 aromatic heterocycles. The van der Waals surface area contributed by atoms with E-state index in [4.69, 9.17) is 4.74 Å². The Labute approximate surface area is 291 Å². The molecule has 0 radical (unpaired) electrons. The van der Waals surface area contributed by atoms with Crippen molar-refractivity contribution in [1.29, 1.82) is 0 Å². The summed E-state index contributed by atoms with van der Waals surface area (Å²) in [6.45, 7) is 5.87. The SMILES string of the molecule is CCOc1ccc(S(=O)(=O)N(CC(=O)N(Cc2ccc(C)cc2)C(Cc2ccccc2)C(=O)NC2CCCCC2)c2ccc(C)cc2)cc1. The molecule has 1 fully saturated rings. The fourth-order valence-corrected chi connectivity index (χ4v) is 7.64. The van der Waals surface area contributed by atoms with Gasteiger partial charge < -0.3 is 15.0 Å². The predicted octanol–water partition coefficient (Wildman–Crippen LogP) is 6.99. The Morgan fingerprint density at radius 2 is 1.41 bits per heavy atom. The molecule has 1 atom stereocenters. The van der Waals surface area contributed by atoms with Crippen LogP contribution in [0.2, 0.25) is 0 Å². The van der Waals surface area contributed by atoms with E-state index in [1.165, 1.54) is 12.1 Å². The van der Waals surface area contributed by atoms with Gasteiger partial charge in [-0.25, -0.2) is 8.42 Å². The molecule has 0 spiro atoms. The summed E-state index contributed by atoms with van der Waals surface area (Å²) < 4.78 is 35.3. The van der Waals surface area contributed by atoms with Crippen molar-refractivity contribution in [3.05, 3.63) is 125 Å². The predicted molar refractivity (Wildman–Crippen MR) is 194 cm³/mol. The van der Waals surface area contributed by atoms with E-state index in [-0.39, 0.29) is 29.8 Å². The number of hydrogen-bond acceptors (Lipinski definition) is 5. The number of ether oxygens (including phenoxy) is 1. The Balaban J connectivity index is 1.55. The van der Waals surface area contributed by atoms with E-state index < -0.39 is 28.5 Å². The van der Waals surface area contributed by atoms with E-state index >= 15 is 0 Å². The number of aryl methyl sites for hydroxylation is 2. The molecule has 8 nitrogen and oxygen atoms in total. The van der Waals surface area contributed by atoms with E-state index in [0.717, 1.165) is 58.7 Å². The molecule has 1 unspecified atom stereocenters. The maximum Gasteiger partial charge on any atom is 0.264 e. The van der Waals surface area contributed by atoms with Crippen LogP contribution in [0.5, 0.6) is 5.75 Å². The number of rotatable bonds is 14. The molecule has 1 aliphatic rings. The second kappa shape index (κ2) is 16.7. The van der Waals surface area contributed by atoms with Gasteiger partial charge in [-0.15, -0.1) is 0 Å². The summed E-state index contributed by atoms with van der Waals surface area (Å²) in [7, 11) is -4.20. The number of carbonyl (C=O) groups is 2. The van der Waals surface area contributed by atoms with Gasteiger partial charge in [-0.1, -0.05) is 97.1 Å². The van der Waals surface area contributed by atoms with Crippen molar-refractivity contribution in [2.45, 2.75) is 82.8 Å². The maximum absolute atomic E-state index is 14.7. The fourth-order valence-electron chi connectivity index (χ4n) is 6.23. The van der Waals surface area contributed by atoms with Gasteiger partial charge in [0.1, 0.15) is 18.3 Å². The van der Waals surface area contributed by atoms with Gasteiger partial charge in [-0.2, -0.15) is 0 Å². The zero-order chi connectivity index (χ0) is 34.8. The van der Waals surface area contributed by atoms with Crippen LogP contribution in [0.3, 0.4) is 0 Å². The van der Waals surface area contributed by atoms with E-state index in [2.05, 4.69) is 5.32 Å². The van der Waals surface area contributed by atoms with Crippen LogP contribution >= 0.6 is 0 Å². The molecule has 1 N–H and O–H groups in total. The molecule has 4 aromatic carbocycles. The van der Waals surface area contributed by atoms with Crippen LogP contribution < -0.4 is 14.4 Å². The Morgan fingerprint density at radius 1 is 0.796 bits per heavy atom. The van der Waals surface area contributed by atoms with Crippen LogP contribution in [-0.4, -0.2) is 50.4 Å². The smallest absolute Gasteiger partial charge is 0.264 e. The third-order valence-corrected chi connectivity index (χ3v) is 10.8. The number of benzene rings is 4. The standard InChI is InChI=1S/C40H47N3O5S/c1-4-48-36-23-25-37(26-24-36)49(46,47)43(35-21-17-31(3)18-22-35)29-39(44)42(28-33-19-15-30(2)16-20-33)38(27-32-11-7-5-8-12-32)40(45)41-34-13-9-6-10-14-34/h5,7-8,11-12,15-26,34,38H,4,6,9-10,13-14,27-29H2,1-3H3,(H,41,45). The summed E-state index contributed by atoms with van der Waals surface area (Å²) in [5, 5.41) is 3.26. The van der Waals surface area contributed by atoms with Crippen LogP contribution in [0.15, 0.2) is 108 Å². The summed E-state index contributed by atoms with van der Waals surface area (Å²) in [6.07, 6.45) is 5.33. The van der Waals surface area contributed by atoms with Gasteiger partial charge in [0.15, 0.2) is 0 Å². The Morgan fingerprint density at radius 3 is 2.02 bits per heavy atom. The molecule has 49 heavy (non-hydrogen) atoms. The highest BCUT2D eigenvalue weighted by Gasteiger charge is 2.35. The van der Waals surface area contributed by atoms with E-state index in [1.807, 2.05) is 87.5 Å². The van der Waals surface area contributed by atoms with Crippen molar-refractivity contribution < 1.29 is 22.7 Å². The van der Waals surface area contributed by atoms with Crippen LogP contribution in [0.1, 0.15) is 61.3 Å². The molecule has 0 aliphatic heterocycles. The number of anilines is 1. The van der Waals surface area contributed by atoms with Crippen molar-refractivity contribution in [2.75, 3.05) is 17.5 Å². The minimum Gasteiger partial charge on any atom is -0.494 e. The lowest BCUT2D eigenvalue weighted by atomic mass is 9.94. The normalized spacial score (nSPS) is 14.1. The van der Waals surface area contributed by atoms with Gasteiger partial charge in [-0.05, 0) is 81.1 Å². The van der Waals surface area contributed by atoms with Gasteiger partial charge in [0, 0.05) is 19.0 Å². The first kappa shape index (κ1) is 35.7. The molecule has 1 saturated carbocycles. The molecule has 5 rings (SSSR count). The summed E-state index contributed by atoms with van der Waals surface area (Å²) in [5.74, 6) is -0.153. The topological polar surface area (TPSA) is 96.0 Å². The highest BCUT2D eigenvalue weighted by atomic mass is 32.2. The lowest BCUT2D eigenvalue weighted by Crippen LogP contribution is -2.55. The molecule has 0 saturated heterocycles. The van der Waals surface area contributed by atoms with Crippen LogP contribution in [-0.2, 0) is 32.6 Å². The van der Waals surface area contributed by atoms with Crippen molar-refractivity contribution in [2.24, 2.45) is 0 Å². The van der Waals surface area contributed by atoms with Gasteiger partial charge in [0.05, 0.1) is 17.2 Å². The van der Waals surface area contributed by atoms with Crippen LogP contribution in [0, 0.1) is 13.8 Å². The number of nitrogens with zero attached hydrogens (tertiary/aromatic N) is 2. The van der Waals surface area contributed by atoms with Gasteiger partial charge in [0.25, 0.3) is 10.0 Å². The quantitative estimate of drug-likeness (QED) is 0.155. The zero-order valence-corrected chi connectivity index (χ0v) is 29.5. The first-order valence-corrected chi connectivity index (χ1v) is 18.6. The van der Waals surface area contributed by atoms with Crippen molar-refractivity contribution >= 4 is 27.5 Å². The van der Waals surface area contributed by atoms with Crippen molar-refractivity contribution in [3.63, 3.8) is 0 Å². The highest BCUT2D eigenvalue weighted by molar-refractivity contribution is 7.92. The molecule has 0 bridgehead atoms. The fraction of sp³-hybridized carbons (Fsp3) is 0.350. The van der Waals surface area contributed by atoms with E-state index in [9.17, 15) is 18.0 Å². The second-order valence-corrected chi connectivity index (χ2v) is 14.7. The van der Waals surface area contributed by atoms with Gasteiger partial charge in [-0.3, -0.25) is 13.9 Å². The number of nitrogens with one attached hydrogen (secondary N) is 1. The summed E-state index contributed by atoms with van der Waals surface area (Å²) >= 11 is 0. The van der Waals surface area contributed by atoms with Crippen molar-refractivity contribution in [1.82, 2.24) is 10.2 Å². The molecule has 258 valence electrons. The summed E-state index contributed by atoms with van der Waals surface area (Å²) in [5.41, 5.74) is 4.14.